The maximum Gasteiger partial charge on any atom is 0.133 e. The standard InChI is InChI=1S/C17H23N3O/c1-21-14-4-5-15-13(10-14)6-9-19-16(15)20-12-17(11-18)7-2-3-8-17/h4-6,9-10H,2-3,7-8,11-12,18H2,1H3,(H,19,20). The van der Waals surface area contributed by atoms with Crippen LogP contribution in [0, 0.1) is 5.41 Å². The number of pyridine rings is 1. The van der Waals surface area contributed by atoms with Gasteiger partial charge in [-0.2, -0.15) is 0 Å². The first-order valence-electron chi connectivity index (χ1n) is 7.63. The molecule has 3 rings (SSSR count). The van der Waals surface area contributed by atoms with Gasteiger partial charge in [0.05, 0.1) is 7.11 Å². The lowest BCUT2D eigenvalue weighted by atomic mass is 9.86. The molecule has 3 N–H and O–H groups in total. The number of hydrogen-bond donors (Lipinski definition) is 2. The predicted octanol–water partition coefficient (Wildman–Crippen LogP) is 3.17. The topological polar surface area (TPSA) is 60.2 Å². The highest BCUT2D eigenvalue weighted by Crippen LogP contribution is 2.37. The van der Waals surface area contributed by atoms with Gasteiger partial charge in [-0.25, -0.2) is 4.98 Å². The zero-order valence-corrected chi connectivity index (χ0v) is 12.6. The van der Waals surface area contributed by atoms with Crippen molar-refractivity contribution in [1.82, 2.24) is 4.98 Å². The number of fused-ring (bicyclic) bond motifs is 1. The third kappa shape index (κ3) is 2.81. The lowest BCUT2D eigenvalue weighted by molar-refractivity contribution is 0.332. The molecule has 1 aliphatic rings. The molecule has 0 bridgehead atoms. The summed E-state index contributed by atoms with van der Waals surface area (Å²) < 4.78 is 5.28. The number of nitrogens with two attached hydrogens (primary N) is 1. The van der Waals surface area contributed by atoms with Gasteiger partial charge in [-0.1, -0.05) is 12.8 Å². The number of rotatable bonds is 5. The van der Waals surface area contributed by atoms with Crippen molar-refractivity contribution in [2.75, 3.05) is 25.5 Å². The maximum atomic E-state index is 6.01. The van der Waals surface area contributed by atoms with Crippen LogP contribution in [-0.2, 0) is 0 Å². The van der Waals surface area contributed by atoms with Crippen molar-refractivity contribution in [3.05, 3.63) is 30.5 Å². The van der Waals surface area contributed by atoms with Crippen molar-refractivity contribution in [3.63, 3.8) is 0 Å². The molecule has 1 fully saturated rings. The van der Waals surface area contributed by atoms with Gasteiger partial charge in [-0.05, 0) is 54.5 Å². The molecule has 0 amide bonds. The van der Waals surface area contributed by atoms with Crippen LogP contribution in [0.25, 0.3) is 10.8 Å². The van der Waals surface area contributed by atoms with Crippen LogP contribution in [0.15, 0.2) is 30.5 Å². The van der Waals surface area contributed by atoms with Crippen molar-refractivity contribution in [1.29, 1.82) is 0 Å². The van der Waals surface area contributed by atoms with E-state index in [2.05, 4.69) is 16.4 Å². The van der Waals surface area contributed by atoms with Crippen molar-refractivity contribution < 1.29 is 4.74 Å². The fourth-order valence-electron chi connectivity index (χ4n) is 3.27. The molecule has 0 radical (unpaired) electrons. The second kappa shape index (κ2) is 5.90. The zero-order chi connectivity index (χ0) is 14.7. The van der Waals surface area contributed by atoms with Crippen LogP contribution in [0.1, 0.15) is 25.7 Å². The normalized spacial score (nSPS) is 17.0. The van der Waals surface area contributed by atoms with Crippen LogP contribution in [0.4, 0.5) is 5.82 Å². The van der Waals surface area contributed by atoms with E-state index in [1.807, 2.05) is 24.4 Å². The van der Waals surface area contributed by atoms with Gasteiger partial charge in [0, 0.05) is 18.1 Å². The van der Waals surface area contributed by atoms with Gasteiger partial charge in [-0.3, -0.25) is 0 Å². The van der Waals surface area contributed by atoms with Crippen molar-refractivity contribution in [2.45, 2.75) is 25.7 Å². The number of nitrogens with zero attached hydrogens (tertiary/aromatic N) is 1. The van der Waals surface area contributed by atoms with Gasteiger partial charge in [0.15, 0.2) is 0 Å². The third-order valence-electron chi connectivity index (χ3n) is 4.70. The molecule has 1 heterocycles. The molecule has 4 nitrogen and oxygen atoms in total. The van der Waals surface area contributed by atoms with Crippen molar-refractivity contribution in [2.24, 2.45) is 11.1 Å². The van der Waals surface area contributed by atoms with Gasteiger partial charge in [-0.15, -0.1) is 0 Å². The average molecular weight is 285 g/mol. The molecule has 0 unspecified atom stereocenters. The van der Waals surface area contributed by atoms with Crippen LogP contribution in [0.2, 0.25) is 0 Å². The fraction of sp³-hybridized carbons (Fsp3) is 0.471. The summed E-state index contributed by atoms with van der Waals surface area (Å²) in [5.74, 6) is 1.81. The Balaban J connectivity index is 1.83. The molecule has 2 aromatic rings. The highest BCUT2D eigenvalue weighted by Gasteiger charge is 2.32. The molecule has 112 valence electrons. The lowest BCUT2D eigenvalue weighted by Gasteiger charge is -2.27. The Bertz CT molecular complexity index is 620. The maximum absolute atomic E-state index is 6.01. The zero-order valence-electron chi connectivity index (χ0n) is 12.6. The van der Waals surface area contributed by atoms with E-state index in [9.17, 15) is 0 Å². The summed E-state index contributed by atoms with van der Waals surface area (Å²) in [5.41, 5.74) is 6.25. The molecule has 1 aliphatic carbocycles. The molecule has 21 heavy (non-hydrogen) atoms. The van der Waals surface area contributed by atoms with Gasteiger partial charge in [0.25, 0.3) is 0 Å². The summed E-state index contributed by atoms with van der Waals surface area (Å²) >= 11 is 0. The first-order valence-corrected chi connectivity index (χ1v) is 7.63. The number of anilines is 1. The lowest BCUT2D eigenvalue weighted by Crippen LogP contribution is -2.34. The predicted molar refractivity (Wildman–Crippen MR) is 86.7 cm³/mol. The Morgan fingerprint density at radius 1 is 1.29 bits per heavy atom. The van der Waals surface area contributed by atoms with Crippen LogP contribution in [0.3, 0.4) is 0 Å². The molecule has 1 saturated carbocycles. The highest BCUT2D eigenvalue weighted by molar-refractivity contribution is 5.92. The minimum absolute atomic E-state index is 0.246. The first-order chi connectivity index (χ1) is 10.3. The second-order valence-corrected chi connectivity index (χ2v) is 6.01. The Morgan fingerprint density at radius 2 is 2.10 bits per heavy atom. The van der Waals surface area contributed by atoms with Crippen molar-refractivity contribution >= 4 is 16.6 Å². The third-order valence-corrected chi connectivity index (χ3v) is 4.70. The summed E-state index contributed by atoms with van der Waals surface area (Å²) in [6, 6.07) is 8.09. The van der Waals surface area contributed by atoms with Crippen LogP contribution in [-0.4, -0.2) is 25.2 Å². The summed E-state index contributed by atoms with van der Waals surface area (Å²) in [4.78, 5) is 4.50. The molecule has 0 spiro atoms. The number of ether oxygens (including phenoxy) is 1. The Kier molecular flexibility index (Phi) is 3.97. The smallest absolute Gasteiger partial charge is 0.133 e. The monoisotopic (exact) mass is 285 g/mol. The largest absolute Gasteiger partial charge is 0.497 e. The quantitative estimate of drug-likeness (QED) is 0.886. The van der Waals surface area contributed by atoms with Crippen molar-refractivity contribution in [3.8, 4) is 5.75 Å². The van der Waals surface area contributed by atoms with E-state index in [1.54, 1.807) is 7.11 Å². The van der Waals surface area contributed by atoms with E-state index in [4.69, 9.17) is 10.5 Å². The summed E-state index contributed by atoms with van der Waals surface area (Å²) in [6.45, 7) is 1.65. The SMILES string of the molecule is COc1ccc2c(NCC3(CN)CCCC3)nccc2c1. The molecule has 1 aromatic carbocycles. The number of methoxy groups -OCH3 is 1. The minimum Gasteiger partial charge on any atom is -0.497 e. The van der Waals surface area contributed by atoms with Gasteiger partial charge in [0.2, 0.25) is 0 Å². The average Bonchev–Trinajstić information content (AvgIpc) is 3.01. The summed E-state index contributed by atoms with van der Waals surface area (Å²) in [7, 11) is 1.69. The molecule has 0 atom stereocenters. The molecule has 1 aromatic heterocycles. The van der Waals surface area contributed by atoms with E-state index in [-0.39, 0.29) is 5.41 Å². The molecule has 0 saturated heterocycles. The number of hydrogen-bond acceptors (Lipinski definition) is 4. The van der Waals surface area contributed by atoms with E-state index < -0.39 is 0 Å². The Labute approximate surface area is 125 Å². The van der Waals surface area contributed by atoms with Gasteiger partial charge < -0.3 is 15.8 Å². The fourth-order valence-corrected chi connectivity index (χ4v) is 3.27. The van der Waals surface area contributed by atoms with Gasteiger partial charge in [0.1, 0.15) is 11.6 Å². The molecular weight excluding hydrogens is 262 g/mol. The van der Waals surface area contributed by atoms with Crippen LogP contribution >= 0.6 is 0 Å². The first kappa shape index (κ1) is 14.1. The van der Waals surface area contributed by atoms with E-state index in [0.717, 1.165) is 35.4 Å². The highest BCUT2D eigenvalue weighted by atomic mass is 16.5. The van der Waals surface area contributed by atoms with E-state index in [1.165, 1.54) is 25.7 Å². The summed E-state index contributed by atoms with van der Waals surface area (Å²) in [5, 5.41) is 5.79. The van der Waals surface area contributed by atoms with E-state index >= 15 is 0 Å². The van der Waals surface area contributed by atoms with E-state index in [0.29, 0.717) is 0 Å². The number of nitrogens with one attached hydrogen (secondary N) is 1. The molecular formula is C17H23N3O. The minimum atomic E-state index is 0.246. The Hall–Kier alpha value is -1.81. The number of benzene rings is 1. The molecule has 4 heteroatoms. The van der Waals surface area contributed by atoms with Crippen LogP contribution < -0.4 is 15.8 Å². The second-order valence-electron chi connectivity index (χ2n) is 6.01. The van der Waals surface area contributed by atoms with Gasteiger partial charge >= 0.3 is 0 Å². The summed E-state index contributed by atoms with van der Waals surface area (Å²) in [6.07, 6.45) is 6.86. The Morgan fingerprint density at radius 3 is 2.81 bits per heavy atom. The molecule has 0 aliphatic heterocycles. The van der Waals surface area contributed by atoms with Crippen LogP contribution in [0.5, 0.6) is 5.75 Å². The number of aromatic nitrogens is 1.